The van der Waals surface area contributed by atoms with E-state index in [0.717, 1.165) is 31.4 Å². The zero-order valence-corrected chi connectivity index (χ0v) is 10.6. The number of hydrogen-bond donors (Lipinski definition) is 0. The Bertz CT molecular complexity index is 372. The maximum Gasteiger partial charge on any atom is 0.191 e. The molecule has 0 aromatic heterocycles. The summed E-state index contributed by atoms with van der Waals surface area (Å²) in [7, 11) is 0. The predicted octanol–water partition coefficient (Wildman–Crippen LogP) is 3.25. The molecule has 2 nitrogen and oxygen atoms in total. The van der Waals surface area contributed by atoms with Crippen molar-refractivity contribution in [2.24, 2.45) is 5.92 Å². The van der Waals surface area contributed by atoms with Crippen molar-refractivity contribution in [1.82, 2.24) is 0 Å². The van der Waals surface area contributed by atoms with E-state index in [4.69, 9.17) is 4.74 Å². The van der Waals surface area contributed by atoms with E-state index in [-0.39, 0.29) is 11.9 Å². The van der Waals surface area contributed by atoms with Crippen molar-refractivity contribution < 1.29 is 9.53 Å². The first-order valence-corrected chi connectivity index (χ1v) is 6.41. The summed E-state index contributed by atoms with van der Waals surface area (Å²) in [5.74, 6) is 0.785. The predicted molar refractivity (Wildman–Crippen MR) is 68.3 cm³/mol. The molecule has 1 saturated heterocycles. The molecule has 1 heterocycles. The van der Waals surface area contributed by atoms with Gasteiger partial charge in [0.1, 0.15) is 6.10 Å². The minimum absolute atomic E-state index is 0.138. The summed E-state index contributed by atoms with van der Waals surface area (Å²) in [6.07, 6.45) is 2.73. The highest BCUT2D eigenvalue weighted by Gasteiger charge is 2.24. The lowest BCUT2D eigenvalue weighted by Crippen LogP contribution is -2.19. The molecular formula is C15H20O2. The van der Waals surface area contributed by atoms with Gasteiger partial charge in [-0.15, -0.1) is 0 Å². The fourth-order valence-corrected chi connectivity index (χ4v) is 2.25. The number of hydrogen-bond acceptors (Lipinski definition) is 2. The lowest BCUT2D eigenvalue weighted by atomic mass is 9.99. The van der Waals surface area contributed by atoms with Crippen LogP contribution in [0.25, 0.3) is 0 Å². The Hall–Kier alpha value is -1.15. The Morgan fingerprint density at radius 3 is 2.59 bits per heavy atom. The second kappa shape index (κ2) is 5.46. The Balaban J connectivity index is 2.04. The zero-order chi connectivity index (χ0) is 12.3. The molecule has 2 heteroatoms. The highest BCUT2D eigenvalue weighted by molar-refractivity contribution is 5.99. The summed E-state index contributed by atoms with van der Waals surface area (Å²) >= 11 is 0. The first-order valence-electron chi connectivity index (χ1n) is 6.41. The molecule has 0 amide bonds. The van der Waals surface area contributed by atoms with Gasteiger partial charge in [0.15, 0.2) is 5.78 Å². The maximum atomic E-state index is 12.1. The number of carbonyl (C=O) groups is 1. The second-order valence-corrected chi connectivity index (χ2v) is 5.16. The SMILES string of the molecule is CC(C)Cc1ccc(C(=O)C2CCCO2)cc1. The molecule has 1 aromatic carbocycles. The van der Waals surface area contributed by atoms with Gasteiger partial charge in [0.25, 0.3) is 0 Å². The fourth-order valence-electron chi connectivity index (χ4n) is 2.25. The summed E-state index contributed by atoms with van der Waals surface area (Å²) in [4.78, 5) is 12.1. The van der Waals surface area contributed by atoms with Crippen LogP contribution in [0.2, 0.25) is 0 Å². The molecule has 1 aliphatic rings. The summed E-state index contributed by atoms with van der Waals surface area (Å²) in [5, 5.41) is 0. The van der Waals surface area contributed by atoms with Crippen molar-refractivity contribution in [2.45, 2.75) is 39.2 Å². The number of rotatable bonds is 4. The Morgan fingerprint density at radius 2 is 2.06 bits per heavy atom. The molecule has 17 heavy (non-hydrogen) atoms. The average molecular weight is 232 g/mol. The van der Waals surface area contributed by atoms with Crippen molar-refractivity contribution in [1.29, 1.82) is 0 Å². The van der Waals surface area contributed by atoms with Gasteiger partial charge in [-0.1, -0.05) is 38.1 Å². The first kappa shape index (κ1) is 12.3. The van der Waals surface area contributed by atoms with Crippen LogP contribution < -0.4 is 0 Å². The second-order valence-electron chi connectivity index (χ2n) is 5.16. The van der Waals surface area contributed by atoms with Crippen molar-refractivity contribution in [3.63, 3.8) is 0 Å². The molecule has 2 rings (SSSR count). The molecule has 0 bridgehead atoms. The van der Waals surface area contributed by atoms with Crippen LogP contribution in [0.5, 0.6) is 0 Å². The lowest BCUT2D eigenvalue weighted by molar-refractivity contribution is 0.0643. The zero-order valence-electron chi connectivity index (χ0n) is 10.6. The lowest BCUT2D eigenvalue weighted by Gasteiger charge is -2.09. The maximum absolute atomic E-state index is 12.1. The molecule has 0 radical (unpaired) electrons. The molecule has 1 unspecified atom stereocenters. The van der Waals surface area contributed by atoms with E-state index in [1.165, 1.54) is 5.56 Å². The molecule has 1 fully saturated rings. The Labute approximate surface area is 103 Å². The van der Waals surface area contributed by atoms with Gasteiger partial charge in [0.05, 0.1) is 0 Å². The van der Waals surface area contributed by atoms with Gasteiger partial charge in [-0.25, -0.2) is 0 Å². The molecule has 1 aliphatic heterocycles. The van der Waals surface area contributed by atoms with Crippen molar-refractivity contribution in [3.05, 3.63) is 35.4 Å². The smallest absolute Gasteiger partial charge is 0.191 e. The van der Waals surface area contributed by atoms with Crippen molar-refractivity contribution in [3.8, 4) is 0 Å². The van der Waals surface area contributed by atoms with E-state index in [0.29, 0.717) is 5.92 Å². The van der Waals surface area contributed by atoms with Crippen molar-refractivity contribution in [2.75, 3.05) is 6.61 Å². The van der Waals surface area contributed by atoms with E-state index in [2.05, 4.69) is 26.0 Å². The van der Waals surface area contributed by atoms with Gasteiger partial charge in [-0.05, 0) is 30.7 Å². The van der Waals surface area contributed by atoms with Crippen LogP contribution in [0.15, 0.2) is 24.3 Å². The van der Waals surface area contributed by atoms with Crippen LogP contribution in [0, 0.1) is 5.92 Å². The van der Waals surface area contributed by atoms with Crippen LogP contribution in [0.1, 0.15) is 42.6 Å². The highest BCUT2D eigenvalue weighted by Crippen LogP contribution is 2.18. The number of ether oxygens (including phenoxy) is 1. The number of benzene rings is 1. The van der Waals surface area contributed by atoms with Crippen molar-refractivity contribution >= 4 is 5.78 Å². The third-order valence-corrected chi connectivity index (χ3v) is 3.10. The van der Waals surface area contributed by atoms with E-state index in [1.807, 2.05) is 12.1 Å². The molecule has 0 N–H and O–H groups in total. The van der Waals surface area contributed by atoms with E-state index in [9.17, 15) is 4.79 Å². The van der Waals surface area contributed by atoms with Crippen LogP contribution in [-0.4, -0.2) is 18.5 Å². The standard InChI is InChI=1S/C15H20O2/c1-11(2)10-12-5-7-13(8-6-12)15(16)14-4-3-9-17-14/h5-8,11,14H,3-4,9-10H2,1-2H3. The van der Waals surface area contributed by atoms with E-state index < -0.39 is 0 Å². The Kier molecular flexibility index (Phi) is 3.95. The highest BCUT2D eigenvalue weighted by atomic mass is 16.5. The largest absolute Gasteiger partial charge is 0.370 e. The summed E-state index contributed by atoms with van der Waals surface area (Å²) < 4.78 is 5.41. The molecule has 0 saturated carbocycles. The number of carbonyl (C=O) groups excluding carboxylic acids is 1. The summed E-state index contributed by atoms with van der Waals surface area (Å²) in [6, 6.07) is 7.98. The van der Waals surface area contributed by atoms with E-state index >= 15 is 0 Å². The van der Waals surface area contributed by atoms with Gasteiger partial charge in [0.2, 0.25) is 0 Å². The molecule has 1 aromatic rings. The quantitative estimate of drug-likeness (QED) is 0.745. The summed E-state index contributed by atoms with van der Waals surface area (Å²) in [6.45, 7) is 5.12. The van der Waals surface area contributed by atoms with Gasteiger partial charge in [-0.3, -0.25) is 4.79 Å². The van der Waals surface area contributed by atoms with Gasteiger partial charge in [-0.2, -0.15) is 0 Å². The molecular weight excluding hydrogens is 212 g/mol. The molecule has 92 valence electrons. The van der Waals surface area contributed by atoms with E-state index in [1.54, 1.807) is 0 Å². The monoisotopic (exact) mass is 232 g/mol. The van der Waals surface area contributed by atoms with Gasteiger partial charge in [0, 0.05) is 12.2 Å². The van der Waals surface area contributed by atoms with Crippen LogP contribution in [-0.2, 0) is 11.2 Å². The third-order valence-electron chi connectivity index (χ3n) is 3.10. The van der Waals surface area contributed by atoms with Crippen LogP contribution in [0.3, 0.4) is 0 Å². The normalized spacial score (nSPS) is 19.8. The van der Waals surface area contributed by atoms with Crippen LogP contribution >= 0.6 is 0 Å². The molecule has 1 atom stereocenters. The minimum Gasteiger partial charge on any atom is -0.370 e. The topological polar surface area (TPSA) is 26.3 Å². The van der Waals surface area contributed by atoms with Crippen LogP contribution in [0.4, 0.5) is 0 Å². The fraction of sp³-hybridized carbons (Fsp3) is 0.533. The minimum atomic E-state index is -0.203. The molecule has 0 spiro atoms. The first-order chi connectivity index (χ1) is 8.16. The Morgan fingerprint density at radius 1 is 1.35 bits per heavy atom. The third kappa shape index (κ3) is 3.16. The molecule has 0 aliphatic carbocycles. The van der Waals surface area contributed by atoms with Gasteiger partial charge < -0.3 is 4.74 Å². The number of ketones is 1. The number of Topliss-reactive ketones (excluding diaryl/α,β-unsaturated/α-hetero) is 1. The van der Waals surface area contributed by atoms with Gasteiger partial charge >= 0.3 is 0 Å². The average Bonchev–Trinajstić information content (AvgIpc) is 2.82. The summed E-state index contributed by atoms with van der Waals surface area (Å²) in [5.41, 5.74) is 2.08.